The second kappa shape index (κ2) is 11.2. The number of rotatable bonds is 11. The number of hydrogen-bond acceptors (Lipinski definition) is 3. The molecule has 0 bridgehead atoms. The number of amides is 1. The summed E-state index contributed by atoms with van der Waals surface area (Å²) in [6.07, 6.45) is 4.95. The Morgan fingerprint density at radius 2 is 1.79 bits per heavy atom. The fraction of sp³-hybridized carbons (Fsp3) is 0.933. The van der Waals surface area contributed by atoms with Gasteiger partial charge in [0, 0.05) is 12.6 Å². The van der Waals surface area contributed by atoms with Gasteiger partial charge in [0.25, 0.3) is 0 Å². The summed E-state index contributed by atoms with van der Waals surface area (Å²) in [6.45, 7) is 9.25. The van der Waals surface area contributed by atoms with E-state index in [-0.39, 0.29) is 24.6 Å². The van der Waals surface area contributed by atoms with Gasteiger partial charge in [-0.05, 0) is 45.1 Å². The molecule has 0 aliphatic heterocycles. The summed E-state index contributed by atoms with van der Waals surface area (Å²) in [5, 5.41) is 15.3. The molecule has 0 radical (unpaired) electrons. The van der Waals surface area contributed by atoms with Crippen molar-refractivity contribution in [1.29, 1.82) is 0 Å². The summed E-state index contributed by atoms with van der Waals surface area (Å²) >= 11 is 0. The van der Waals surface area contributed by atoms with Gasteiger partial charge in [-0.2, -0.15) is 0 Å². The normalized spacial score (nSPS) is 14.4. The smallest absolute Gasteiger partial charge is 0.237 e. The molecule has 0 rings (SSSR count). The molecule has 0 aromatic carbocycles. The molecule has 0 spiro atoms. The minimum Gasteiger partial charge on any atom is -0.396 e. The molecular weight excluding hydrogens is 240 g/mol. The third-order valence-electron chi connectivity index (χ3n) is 3.67. The lowest BCUT2D eigenvalue weighted by molar-refractivity contribution is -0.123. The SMILES string of the molecule is CCCC(CCO)CNC(C)C(=O)NC(CC)CC. The number of aliphatic hydroxyl groups is 1. The third-order valence-corrected chi connectivity index (χ3v) is 3.67. The van der Waals surface area contributed by atoms with Crippen LogP contribution in [0.5, 0.6) is 0 Å². The Hall–Kier alpha value is -0.610. The van der Waals surface area contributed by atoms with Crippen LogP contribution in [0.25, 0.3) is 0 Å². The van der Waals surface area contributed by atoms with Crippen molar-refractivity contribution in [3.63, 3.8) is 0 Å². The van der Waals surface area contributed by atoms with Gasteiger partial charge in [0.05, 0.1) is 6.04 Å². The maximum Gasteiger partial charge on any atom is 0.237 e. The summed E-state index contributed by atoms with van der Waals surface area (Å²) in [6, 6.07) is 0.110. The molecule has 0 aliphatic carbocycles. The first-order chi connectivity index (χ1) is 9.08. The zero-order valence-corrected chi connectivity index (χ0v) is 13.0. The second-order valence-corrected chi connectivity index (χ2v) is 5.32. The van der Waals surface area contributed by atoms with Gasteiger partial charge in [0.1, 0.15) is 0 Å². The van der Waals surface area contributed by atoms with E-state index in [1.165, 1.54) is 0 Å². The molecule has 0 saturated heterocycles. The maximum absolute atomic E-state index is 12.0. The molecule has 1 amide bonds. The molecule has 2 atom stereocenters. The Balaban J connectivity index is 4.05. The lowest BCUT2D eigenvalue weighted by Gasteiger charge is -2.22. The van der Waals surface area contributed by atoms with Crippen LogP contribution in [-0.4, -0.2) is 36.2 Å². The molecule has 0 aromatic rings. The fourth-order valence-electron chi connectivity index (χ4n) is 2.19. The van der Waals surface area contributed by atoms with E-state index in [2.05, 4.69) is 31.4 Å². The van der Waals surface area contributed by atoms with Crippen molar-refractivity contribution in [2.24, 2.45) is 5.92 Å². The van der Waals surface area contributed by atoms with Crippen LogP contribution in [0.3, 0.4) is 0 Å². The van der Waals surface area contributed by atoms with Crippen molar-refractivity contribution in [1.82, 2.24) is 10.6 Å². The van der Waals surface area contributed by atoms with Crippen molar-refractivity contribution >= 4 is 5.91 Å². The van der Waals surface area contributed by atoms with Crippen molar-refractivity contribution in [3.8, 4) is 0 Å². The Labute approximate surface area is 118 Å². The zero-order chi connectivity index (χ0) is 14.7. The van der Waals surface area contributed by atoms with Crippen molar-refractivity contribution in [2.75, 3.05) is 13.2 Å². The van der Waals surface area contributed by atoms with Crippen LogP contribution in [0.4, 0.5) is 0 Å². The summed E-state index contributed by atoms with van der Waals surface area (Å²) in [4.78, 5) is 12.0. The number of hydrogen-bond donors (Lipinski definition) is 3. The molecule has 2 unspecified atom stereocenters. The molecule has 0 aromatic heterocycles. The second-order valence-electron chi connectivity index (χ2n) is 5.32. The van der Waals surface area contributed by atoms with E-state index in [9.17, 15) is 4.79 Å². The van der Waals surface area contributed by atoms with Gasteiger partial charge in [-0.25, -0.2) is 0 Å². The standard InChI is InChI=1S/C15H32N2O2/c1-5-8-13(9-10-18)11-16-12(4)15(19)17-14(6-2)7-3/h12-14,16,18H,5-11H2,1-4H3,(H,17,19). The van der Waals surface area contributed by atoms with Gasteiger partial charge in [-0.15, -0.1) is 0 Å². The average molecular weight is 272 g/mol. The van der Waals surface area contributed by atoms with Crippen LogP contribution in [-0.2, 0) is 4.79 Å². The van der Waals surface area contributed by atoms with E-state index >= 15 is 0 Å². The Bertz CT molecular complexity index is 224. The van der Waals surface area contributed by atoms with Gasteiger partial charge < -0.3 is 15.7 Å². The molecule has 3 N–H and O–H groups in total. The first kappa shape index (κ1) is 18.4. The highest BCUT2D eigenvalue weighted by Crippen LogP contribution is 2.09. The van der Waals surface area contributed by atoms with Crippen molar-refractivity contribution in [3.05, 3.63) is 0 Å². The van der Waals surface area contributed by atoms with Crippen LogP contribution in [0.2, 0.25) is 0 Å². The van der Waals surface area contributed by atoms with Gasteiger partial charge in [-0.1, -0.05) is 27.2 Å². The number of aliphatic hydroxyl groups excluding tert-OH is 1. The van der Waals surface area contributed by atoms with Crippen LogP contribution in [0.1, 0.15) is 59.8 Å². The van der Waals surface area contributed by atoms with E-state index in [0.717, 1.165) is 38.6 Å². The highest BCUT2D eigenvalue weighted by molar-refractivity contribution is 5.81. The first-order valence-corrected chi connectivity index (χ1v) is 7.73. The molecule has 114 valence electrons. The van der Waals surface area contributed by atoms with Crippen LogP contribution >= 0.6 is 0 Å². The first-order valence-electron chi connectivity index (χ1n) is 7.73. The lowest BCUT2D eigenvalue weighted by Crippen LogP contribution is -2.47. The average Bonchev–Trinajstić information content (AvgIpc) is 2.41. The highest BCUT2D eigenvalue weighted by atomic mass is 16.3. The van der Waals surface area contributed by atoms with E-state index in [1.807, 2.05) is 6.92 Å². The van der Waals surface area contributed by atoms with Gasteiger partial charge in [0.15, 0.2) is 0 Å². The minimum atomic E-state index is -0.168. The largest absolute Gasteiger partial charge is 0.396 e. The third kappa shape index (κ3) is 8.22. The summed E-state index contributed by atoms with van der Waals surface area (Å²) in [5.41, 5.74) is 0. The van der Waals surface area contributed by atoms with Crippen LogP contribution in [0, 0.1) is 5.92 Å². The van der Waals surface area contributed by atoms with Crippen LogP contribution in [0.15, 0.2) is 0 Å². The predicted molar refractivity (Wildman–Crippen MR) is 80.1 cm³/mol. The fourth-order valence-corrected chi connectivity index (χ4v) is 2.19. The quantitative estimate of drug-likeness (QED) is 0.539. The summed E-state index contributed by atoms with van der Waals surface area (Å²) in [7, 11) is 0. The number of carbonyl (C=O) groups excluding carboxylic acids is 1. The highest BCUT2D eigenvalue weighted by Gasteiger charge is 2.16. The molecule has 0 heterocycles. The molecule has 4 heteroatoms. The lowest BCUT2D eigenvalue weighted by atomic mass is 10.00. The molecule has 19 heavy (non-hydrogen) atoms. The molecular formula is C15H32N2O2. The Morgan fingerprint density at radius 1 is 1.16 bits per heavy atom. The van der Waals surface area contributed by atoms with E-state index in [0.29, 0.717) is 5.92 Å². The van der Waals surface area contributed by atoms with Gasteiger partial charge in [-0.3, -0.25) is 4.79 Å². The minimum absolute atomic E-state index is 0.0768. The Morgan fingerprint density at radius 3 is 2.26 bits per heavy atom. The van der Waals surface area contributed by atoms with Crippen LogP contribution < -0.4 is 10.6 Å². The molecule has 0 saturated carbocycles. The van der Waals surface area contributed by atoms with E-state index in [4.69, 9.17) is 5.11 Å². The van der Waals surface area contributed by atoms with Gasteiger partial charge in [0.2, 0.25) is 5.91 Å². The Kier molecular flexibility index (Phi) is 10.9. The molecule has 4 nitrogen and oxygen atoms in total. The number of nitrogens with one attached hydrogen (secondary N) is 2. The predicted octanol–water partition coefficient (Wildman–Crippen LogP) is 2.07. The maximum atomic E-state index is 12.0. The van der Waals surface area contributed by atoms with Gasteiger partial charge >= 0.3 is 0 Å². The van der Waals surface area contributed by atoms with E-state index < -0.39 is 0 Å². The van der Waals surface area contributed by atoms with E-state index in [1.54, 1.807) is 0 Å². The molecule has 0 aliphatic rings. The van der Waals surface area contributed by atoms with Crippen molar-refractivity contribution < 1.29 is 9.90 Å². The summed E-state index contributed by atoms with van der Waals surface area (Å²) < 4.78 is 0. The topological polar surface area (TPSA) is 61.4 Å². The zero-order valence-electron chi connectivity index (χ0n) is 13.0. The van der Waals surface area contributed by atoms with Crippen molar-refractivity contribution in [2.45, 2.75) is 71.9 Å². The number of carbonyl (C=O) groups is 1. The molecule has 0 fully saturated rings. The monoisotopic (exact) mass is 272 g/mol. The summed E-state index contributed by atoms with van der Waals surface area (Å²) in [5.74, 6) is 0.534.